The number of rotatable bonds is 3. The highest BCUT2D eigenvalue weighted by Crippen LogP contribution is 2.36. The molecule has 1 aliphatic heterocycles. The Hall–Kier alpha value is -2.53. The zero-order chi connectivity index (χ0) is 20.8. The van der Waals surface area contributed by atoms with Gasteiger partial charge in [-0.05, 0) is 54.1 Å². The van der Waals surface area contributed by atoms with Gasteiger partial charge in [-0.1, -0.05) is 57.3 Å². The van der Waals surface area contributed by atoms with Crippen molar-refractivity contribution < 1.29 is 4.79 Å². The largest absolute Gasteiger partial charge is 0.342 e. The molecule has 0 saturated carbocycles. The molecule has 0 spiro atoms. The van der Waals surface area contributed by atoms with Crippen LogP contribution in [0.4, 0.5) is 5.69 Å². The van der Waals surface area contributed by atoms with E-state index >= 15 is 0 Å². The number of carbonyl (C=O) groups is 1. The van der Waals surface area contributed by atoms with Crippen molar-refractivity contribution in [2.75, 3.05) is 5.32 Å². The van der Waals surface area contributed by atoms with Crippen molar-refractivity contribution in [3.8, 4) is 0 Å². The van der Waals surface area contributed by atoms with Crippen molar-refractivity contribution in [2.45, 2.75) is 6.54 Å². The molecule has 0 atom stereocenters. The Morgan fingerprint density at radius 1 is 0.967 bits per heavy atom. The number of nitrogens with one attached hydrogen (secondary N) is 1. The maximum Gasteiger partial charge on any atom is 0.256 e. The second-order valence-electron chi connectivity index (χ2n) is 7.20. The first-order valence-corrected chi connectivity index (χ1v) is 10.9. The summed E-state index contributed by atoms with van der Waals surface area (Å²) < 4.78 is 3.18. The first-order chi connectivity index (χ1) is 14.5. The molecule has 0 aliphatic carbocycles. The summed E-state index contributed by atoms with van der Waals surface area (Å²) in [5, 5.41) is 5.29. The lowest BCUT2D eigenvalue weighted by Gasteiger charge is -2.06. The third-order valence-corrected chi connectivity index (χ3v) is 6.18. The van der Waals surface area contributed by atoms with Crippen LogP contribution in [-0.4, -0.2) is 10.5 Å². The van der Waals surface area contributed by atoms with Gasteiger partial charge in [0.15, 0.2) is 0 Å². The van der Waals surface area contributed by atoms with E-state index in [-0.39, 0.29) is 5.91 Å². The third-order valence-electron chi connectivity index (χ3n) is 5.20. The van der Waals surface area contributed by atoms with Gasteiger partial charge in [-0.2, -0.15) is 0 Å². The van der Waals surface area contributed by atoms with Crippen molar-refractivity contribution in [3.63, 3.8) is 0 Å². The molecule has 3 nitrogen and oxygen atoms in total. The SMILES string of the molecule is O=C1Nc2cc(Cl)ccc2/C1=C\c1cn(Cc2ccc(Cl)cc2)c2ccc(Br)cc12. The van der Waals surface area contributed by atoms with Crippen LogP contribution >= 0.6 is 39.1 Å². The molecule has 0 radical (unpaired) electrons. The third kappa shape index (κ3) is 3.56. The van der Waals surface area contributed by atoms with Crippen LogP contribution in [0.15, 0.2) is 71.3 Å². The fourth-order valence-corrected chi connectivity index (χ4v) is 4.45. The summed E-state index contributed by atoms with van der Waals surface area (Å²) in [6.45, 7) is 0.705. The van der Waals surface area contributed by atoms with Gasteiger partial charge in [0.2, 0.25) is 0 Å². The second-order valence-corrected chi connectivity index (χ2v) is 8.99. The quantitative estimate of drug-likeness (QED) is 0.297. The van der Waals surface area contributed by atoms with Crippen molar-refractivity contribution in [2.24, 2.45) is 0 Å². The van der Waals surface area contributed by atoms with E-state index in [1.54, 1.807) is 12.1 Å². The predicted octanol–water partition coefficient (Wildman–Crippen LogP) is 7.25. The molecular weight excluding hydrogens is 483 g/mol. The zero-order valence-corrected chi connectivity index (χ0v) is 18.7. The van der Waals surface area contributed by atoms with E-state index in [0.717, 1.165) is 42.8 Å². The average molecular weight is 498 g/mol. The standard InChI is InChI=1S/C24H15BrCl2N2O/c25-16-3-8-23-20(10-16)15(13-29(23)12-14-1-4-17(26)5-2-14)9-21-19-7-6-18(27)11-22(19)28-24(21)30/h1-11,13H,12H2,(H,28,30)/b21-9+. The van der Waals surface area contributed by atoms with E-state index in [1.165, 1.54) is 0 Å². The maximum absolute atomic E-state index is 12.6. The van der Waals surface area contributed by atoms with E-state index in [1.807, 2.05) is 42.5 Å². The Morgan fingerprint density at radius 3 is 2.53 bits per heavy atom. The van der Waals surface area contributed by atoms with Crippen LogP contribution in [0.3, 0.4) is 0 Å². The number of hydrogen-bond donors (Lipinski definition) is 1. The fourth-order valence-electron chi connectivity index (χ4n) is 3.79. The summed E-state index contributed by atoms with van der Waals surface area (Å²) in [5.41, 5.74) is 5.45. The minimum absolute atomic E-state index is 0.124. The molecule has 2 heterocycles. The molecule has 0 bridgehead atoms. The number of aromatic nitrogens is 1. The van der Waals surface area contributed by atoms with E-state index in [4.69, 9.17) is 23.2 Å². The maximum atomic E-state index is 12.6. The number of nitrogens with zero attached hydrogens (tertiary/aromatic N) is 1. The summed E-state index contributed by atoms with van der Waals surface area (Å²) in [4.78, 5) is 12.6. The summed E-state index contributed by atoms with van der Waals surface area (Å²) in [5.74, 6) is -0.124. The van der Waals surface area contributed by atoms with Crippen LogP contribution in [0, 0.1) is 0 Å². The molecule has 1 aliphatic rings. The van der Waals surface area contributed by atoms with Crippen molar-refractivity contribution in [1.82, 2.24) is 4.57 Å². The number of benzene rings is 3. The van der Waals surface area contributed by atoms with Gasteiger partial charge < -0.3 is 9.88 Å². The van der Waals surface area contributed by atoms with Gasteiger partial charge in [-0.25, -0.2) is 0 Å². The highest BCUT2D eigenvalue weighted by Gasteiger charge is 2.24. The molecule has 30 heavy (non-hydrogen) atoms. The minimum atomic E-state index is -0.124. The summed E-state index contributed by atoms with van der Waals surface area (Å²) in [6, 6.07) is 19.5. The second kappa shape index (κ2) is 7.62. The highest BCUT2D eigenvalue weighted by molar-refractivity contribution is 9.10. The number of anilines is 1. The molecule has 1 N–H and O–H groups in total. The molecule has 1 aromatic heterocycles. The topological polar surface area (TPSA) is 34.0 Å². The molecular formula is C24H15BrCl2N2O. The smallest absolute Gasteiger partial charge is 0.256 e. The molecule has 3 aromatic carbocycles. The lowest BCUT2D eigenvalue weighted by Crippen LogP contribution is -2.03. The zero-order valence-electron chi connectivity index (χ0n) is 15.6. The molecule has 4 aromatic rings. The normalized spacial score (nSPS) is 14.4. The molecule has 0 unspecified atom stereocenters. The molecule has 0 fully saturated rings. The number of hydrogen-bond acceptors (Lipinski definition) is 1. The summed E-state index contributed by atoms with van der Waals surface area (Å²) in [7, 11) is 0. The summed E-state index contributed by atoms with van der Waals surface area (Å²) in [6.07, 6.45) is 4.03. The van der Waals surface area contributed by atoms with Gasteiger partial charge in [-0.15, -0.1) is 0 Å². The van der Waals surface area contributed by atoms with Crippen LogP contribution in [0.5, 0.6) is 0 Å². The predicted molar refractivity (Wildman–Crippen MR) is 128 cm³/mol. The van der Waals surface area contributed by atoms with Crippen molar-refractivity contribution in [3.05, 3.63) is 98.1 Å². The highest BCUT2D eigenvalue weighted by atomic mass is 79.9. The molecule has 5 rings (SSSR count). The van der Waals surface area contributed by atoms with Crippen LogP contribution in [0.1, 0.15) is 16.7 Å². The lowest BCUT2D eigenvalue weighted by molar-refractivity contribution is -0.110. The number of carbonyl (C=O) groups excluding carboxylic acids is 1. The van der Waals surface area contributed by atoms with Gasteiger partial charge in [-0.3, -0.25) is 4.79 Å². The van der Waals surface area contributed by atoms with Crippen molar-refractivity contribution in [1.29, 1.82) is 0 Å². The van der Waals surface area contributed by atoms with Crippen LogP contribution in [0.2, 0.25) is 10.0 Å². The van der Waals surface area contributed by atoms with E-state index in [9.17, 15) is 4.79 Å². The molecule has 0 saturated heterocycles. The first kappa shape index (κ1) is 19.4. The van der Waals surface area contributed by atoms with E-state index < -0.39 is 0 Å². The van der Waals surface area contributed by atoms with Gasteiger partial charge in [0.25, 0.3) is 5.91 Å². The fraction of sp³-hybridized carbons (Fsp3) is 0.0417. The Balaban J connectivity index is 1.63. The Kier molecular flexibility index (Phi) is 4.94. The Bertz CT molecular complexity index is 1340. The molecule has 1 amide bonds. The van der Waals surface area contributed by atoms with Gasteiger partial charge in [0.1, 0.15) is 0 Å². The van der Waals surface area contributed by atoms with Crippen LogP contribution in [0.25, 0.3) is 22.6 Å². The molecule has 6 heteroatoms. The van der Waals surface area contributed by atoms with Crippen LogP contribution in [-0.2, 0) is 11.3 Å². The average Bonchev–Trinajstić information content (AvgIpc) is 3.20. The minimum Gasteiger partial charge on any atom is -0.342 e. The van der Waals surface area contributed by atoms with Crippen molar-refractivity contribution >= 4 is 73.3 Å². The summed E-state index contributed by atoms with van der Waals surface area (Å²) >= 11 is 15.7. The monoisotopic (exact) mass is 496 g/mol. The number of amides is 1. The van der Waals surface area contributed by atoms with E-state index in [0.29, 0.717) is 17.1 Å². The van der Waals surface area contributed by atoms with Gasteiger partial charge >= 0.3 is 0 Å². The van der Waals surface area contributed by atoms with Gasteiger partial charge in [0, 0.05) is 54.9 Å². The lowest BCUT2D eigenvalue weighted by atomic mass is 10.0. The number of fused-ring (bicyclic) bond motifs is 2. The van der Waals surface area contributed by atoms with Gasteiger partial charge in [0.05, 0.1) is 5.69 Å². The Morgan fingerprint density at radius 2 is 1.73 bits per heavy atom. The van der Waals surface area contributed by atoms with E-state index in [2.05, 4.69) is 44.1 Å². The van der Waals surface area contributed by atoms with Crippen LogP contribution < -0.4 is 5.32 Å². The first-order valence-electron chi connectivity index (χ1n) is 9.34. The Labute approximate surface area is 192 Å². The molecule has 148 valence electrons. The number of halogens is 3.